The highest BCUT2D eigenvalue weighted by Crippen LogP contribution is 2.29. The number of nitrogens with zero attached hydrogens (tertiary/aromatic N) is 2. The molecule has 23 heavy (non-hydrogen) atoms. The Morgan fingerprint density at radius 1 is 1.26 bits per heavy atom. The molecule has 2 aliphatic rings. The first kappa shape index (κ1) is 15.2. The van der Waals surface area contributed by atoms with Crippen molar-refractivity contribution in [2.24, 2.45) is 5.92 Å². The molecule has 7 nitrogen and oxygen atoms in total. The van der Waals surface area contributed by atoms with Crippen LogP contribution in [-0.2, 0) is 9.59 Å². The maximum atomic E-state index is 12.4. The predicted molar refractivity (Wildman–Crippen MR) is 81.9 cm³/mol. The molecule has 0 saturated carbocycles. The van der Waals surface area contributed by atoms with Gasteiger partial charge in [-0.15, -0.1) is 0 Å². The summed E-state index contributed by atoms with van der Waals surface area (Å²) in [5, 5.41) is 2.70. The summed E-state index contributed by atoms with van der Waals surface area (Å²) in [5.41, 5.74) is 0.815. The normalized spacial score (nSPS) is 20.3. The van der Waals surface area contributed by atoms with Crippen molar-refractivity contribution in [3.8, 4) is 0 Å². The van der Waals surface area contributed by atoms with Crippen LogP contribution in [0.15, 0.2) is 18.2 Å². The lowest BCUT2D eigenvalue weighted by molar-refractivity contribution is -0.128. The quantitative estimate of drug-likeness (QED) is 0.833. The zero-order valence-corrected chi connectivity index (χ0v) is 13.0. The Labute approximate surface area is 133 Å². The zero-order chi connectivity index (χ0) is 16.7. The van der Waals surface area contributed by atoms with E-state index in [1.54, 1.807) is 23.1 Å². The van der Waals surface area contributed by atoms with Crippen molar-refractivity contribution in [3.63, 3.8) is 0 Å². The van der Waals surface area contributed by atoms with E-state index in [4.69, 9.17) is 0 Å². The molecule has 0 aromatic heterocycles. The van der Waals surface area contributed by atoms with Gasteiger partial charge in [-0.1, -0.05) is 6.07 Å². The zero-order valence-electron chi connectivity index (χ0n) is 13.0. The summed E-state index contributed by atoms with van der Waals surface area (Å²) < 4.78 is 0. The van der Waals surface area contributed by atoms with Crippen LogP contribution in [0.5, 0.6) is 0 Å². The highest BCUT2D eigenvalue weighted by Gasteiger charge is 2.37. The lowest BCUT2D eigenvalue weighted by atomic mass is 10.1. The lowest BCUT2D eigenvalue weighted by Gasteiger charge is -2.14. The molecule has 1 aromatic rings. The second-order valence-corrected chi connectivity index (χ2v) is 5.72. The summed E-state index contributed by atoms with van der Waals surface area (Å²) in [5.74, 6) is -1.61. The van der Waals surface area contributed by atoms with Gasteiger partial charge < -0.3 is 10.2 Å². The number of benzene rings is 1. The monoisotopic (exact) mass is 315 g/mol. The molecule has 2 aliphatic heterocycles. The molecular formula is C16H17N3O4. The predicted octanol–water partition coefficient (Wildman–Crippen LogP) is 0.719. The molecule has 3 rings (SSSR count). The Morgan fingerprint density at radius 2 is 2.00 bits per heavy atom. The number of amides is 4. The van der Waals surface area contributed by atoms with E-state index in [1.165, 1.54) is 7.05 Å². The fourth-order valence-electron chi connectivity index (χ4n) is 2.99. The molecule has 1 fully saturated rings. The molecule has 0 unspecified atom stereocenters. The third-order valence-corrected chi connectivity index (χ3v) is 4.34. The van der Waals surface area contributed by atoms with Gasteiger partial charge in [0.15, 0.2) is 0 Å². The Hall–Kier alpha value is -2.70. The van der Waals surface area contributed by atoms with Crippen molar-refractivity contribution in [2.75, 3.05) is 25.5 Å². The van der Waals surface area contributed by atoms with E-state index in [2.05, 4.69) is 5.32 Å². The minimum atomic E-state index is -0.441. The number of hydrogen-bond donors (Lipinski definition) is 1. The Kier molecular flexibility index (Phi) is 3.63. The van der Waals surface area contributed by atoms with E-state index < -0.39 is 11.8 Å². The van der Waals surface area contributed by atoms with Gasteiger partial charge in [0, 0.05) is 26.6 Å². The van der Waals surface area contributed by atoms with Crippen molar-refractivity contribution < 1.29 is 19.2 Å². The van der Waals surface area contributed by atoms with Gasteiger partial charge in [0.25, 0.3) is 11.8 Å². The van der Waals surface area contributed by atoms with E-state index in [-0.39, 0.29) is 35.3 Å². The SMILES string of the molecule is CCN1C[C@@H](C(=O)Nc2cccc3c2C(=O)N(C)C3=O)CC1=O. The summed E-state index contributed by atoms with van der Waals surface area (Å²) in [4.78, 5) is 50.9. The minimum Gasteiger partial charge on any atom is -0.342 e. The van der Waals surface area contributed by atoms with Crippen molar-refractivity contribution in [3.05, 3.63) is 29.3 Å². The average Bonchev–Trinajstić information content (AvgIpc) is 3.02. The van der Waals surface area contributed by atoms with Gasteiger partial charge in [-0.25, -0.2) is 0 Å². The van der Waals surface area contributed by atoms with Crippen LogP contribution in [0, 0.1) is 5.92 Å². The number of carbonyl (C=O) groups is 4. The summed E-state index contributed by atoms with van der Waals surface area (Å²) >= 11 is 0. The smallest absolute Gasteiger partial charge is 0.263 e. The fourth-order valence-corrected chi connectivity index (χ4v) is 2.99. The number of carbonyl (C=O) groups excluding carboxylic acids is 4. The average molecular weight is 315 g/mol. The maximum absolute atomic E-state index is 12.4. The summed E-state index contributed by atoms with van der Waals surface area (Å²) in [6.07, 6.45) is 0.168. The molecule has 120 valence electrons. The highest BCUT2D eigenvalue weighted by molar-refractivity contribution is 6.24. The number of fused-ring (bicyclic) bond motifs is 1. The molecule has 1 saturated heterocycles. The van der Waals surface area contributed by atoms with Gasteiger partial charge in [-0.05, 0) is 19.1 Å². The van der Waals surface area contributed by atoms with Crippen molar-refractivity contribution in [1.29, 1.82) is 0 Å². The second-order valence-electron chi connectivity index (χ2n) is 5.72. The molecule has 1 aromatic carbocycles. The topological polar surface area (TPSA) is 86.8 Å². The molecule has 0 bridgehead atoms. The Balaban J connectivity index is 1.83. The van der Waals surface area contributed by atoms with Crippen molar-refractivity contribution in [1.82, 2.24) is 9.80 Å². The van der Waals surface area contributed by atoms with Crippen LogP contribution in [0.25, 0.3) is 0 Å². The number of nitrogens with one attached hydrogen (secondary N) is 1. The number of hydrogen-bond acceptors (Lipinski definition) is 4. The van der Waals surface area contributed by atoms with Gasteiger partial charge in [0.1, 0.15) is 0 Å². The number of anilines is 1. The molecule has 7 heteroatoms. The van der Waals surface area contributed by atoms with Crippen LogP contribution >= 0.6 is 0 Å². The van der Waals surface area contributed by atoms with E-state index >= 15 is 0 Å². The molecule has 1 atom stereocenters. The van der Waals surface area contributed by atoms with Crippen LogP contribution in [0.1, 0.15) is 34.1 Å². The van der Waals surface area contributed by atoms with Crippen molar-refractivity contribution in [2.45, 2.75) is 13.3 Å². The largest absolute Gasteiger partial charge is 0.342 e. The molecule has 0 radical (unpaired) electrons. The fraction of sp³-hybridized carbons (Fsp3) is 0.375. The molecule has 4 amide bonds. The van der Waals surface area contributed by atoms with Gasteiger partial charge >= 0.3 is 0 Å². The number of imide groups is 1. The molecule has 2 heterocycles. The summed E-state index contributed by atoms with van der Waals surface area (Å²) in [6, 6.07) is 4.78. The van der Waals surface area contributed by atoms with E-state index in [9.17, 15) is 19.2 Å². The van der Waals surface area contributed by atoms with Gasteiger partial charge in [0.05, 0.1) is 22.7 Å². The molecule has 0 aliphatic carbocycles. The van der Waals surface area contributed by atoms with Gasteiger partial charge in [0.2, 0.25) is 11.8 Å². The second kappa shape index (κ2) is 5.49. The summed E-state index contributed by atoms with van der Waals surface area (Å²) in [6.45, 7) is 2.81. The van der Waals surface area contributed by atoms with Crippen LogP contribution in [-0.4, -0.2) is 53.6 Å². The third kappa shape index (κ3) is 2.38. The van der Waals surface area contributed by atoms with Crippen LogP contribution in [0.3, 0.4) is 0 Å². The lowest BCUT2D eigenvalue weighted by Crippen LogP contribution is -2.28. The maximum Gasteiger partial charge on any atom is 0.263 e. The number of rotatable bonds is 3. The third-order valence-electron chi connectivity index (χ3n) is 4.34. The van der Waals surface area contributed by atoms with Gasteiger partial charge in [-0.3, -0.25) is 24.1 Å². The first-order valence-electron chi connectivity index (χ1n) is 7.48. The van der Waals surface area contributed by atoms with E-state index in [0.717, 1.165) is 4.90 Å². The molecule has 0 spiro atoms. The first-order chi connectivity index (χ1) is 10.9. The van der Waals surface area contributed by atoms with Crippen LogP contribution in [0.2, 0.25) is 0 Å². The van der Waals surface area contributed by atoms with E-state index in [0.29, 0.717) is 18.8 Å². The summed E-state index contributed by atoms with van der Waals surface area (Å²) in [7, 11) is 1.41. The minimum absolute atomic E-state index is 0.0445. The first-order valence-corrected chi connectivity index (χ1v) is 7.48. The number of likely N-dealkylation sites (tertiary alicyclic amines) is 1. The van der Waals surface area contributed by atoms with Crippen molar-refractivity contribution >= 4 is 29.3 Å². The highest BCUT2D eigenvalue weighted by atomic mass is 16.2. The Bertz CT molecular complexity index is 728. The van der Waals surface area contributed by atoms with E-state index in [1.807, 2.05) is 6.92 Å². The molecule has 1 N–H and O–H groups in total. The standard InChI is InChI=1S/C16H17N3O4/c1-3-19-8-9(7-12(19)20)14(21)17-11-6-4-5-10-13(11)16(23)18(2)15(10)22/h4-6,9H,3,7-8H2,1-2H3,(H,17,21)/t9-/m0/s1. The Morgan fingerprint density at radius 3 is 2.65 bits per heavy atom. The van der Waals surface area contributed by atoms with Crippen LogP contribution < -0.4 is 5.32 Å². The van der Waals surface area contributed by atoms with Crippen LogP contribution in [0.4, 0.5) is 5.69 Å². The van der Waals surface area contributed by atoms with Gasteiger partial charge in [-0.2, -0.15) is 0 Å². The molecular weight excluding hydrogens is 298 g/mol.